The third-order valence-electron chi connectivity index (χ3n) is 5.07. The van der Waals surface area contributed by atoms with Crippen LogP contribution < -0.4 is 5.32 Å². The van der Waals surface area contributed by atoms with Crippen LogP contribution in [0.3, 0.4) is 0 Å². The molecule has 1 N–H and O–H groups in total. The molecule has 2 aromatic rings. The Morgan fingerprint density at radius 2 is 1.62 bits per heavy atom. The van der Waals surface area contributed by atoms with Crippen molar-refractivity contribution in [3.63, 3.8) is 0 Å². The Labute approximate surface area is 161 Å². The van der Waals surface area contributed by atoms with Gasteiger partial charge in [0.05, 0.1) is 0 Å². The highest BCUT2D eigenvalue weighted by Crippen LogP contribution is 2.13. The molecule has 138 valence electrons. The Hall–Kier alpha value is -1.84. The molecule has 1 aliphatic rings. The number of hydrogen-bond donors (Lipinski definition) is 1. The molecule has 4 heteroatoms. The number of nitrogens with zero attached hydrogens (tertiary/aromatic N) is 1. The largest absolute Gasteiger partial charge is 0.353 e. The number of benzene rings is 2. The van der Waals surface area contributed by atoms with E-state index in [4.69, 9.17) is 11.6 Å². The van der Waals surface area contributed by atoms with E-state index >= 15 is 0 Å². The summed E-state index contributed by atoms with van der Waals surface area (Å²) in [5.41, 5.74) is 2.55. The summed E-state index contributed by atoms with van der Waals surface area (Å²) < 4.78 is 0. The Balaban J connectivity index is 1.33. The smallest absolute Gasteiger partial charge is 0.220 e. The highest BCUT2D eigenvalue weighted by atomic mass is 35.5. The molecule has 0 spiro atoms. The molecule has 1 amide bonds. The normalized spacial score (nSPS) is 15.7. The lowest BCUT2D eigenvalue weighted by Gasteiger charge is -2.32. The number of carbonyl (C=O) groups is 1. The zero-order valence-electron chi connectivity index (χ0n) is 15.2. The minimum atomic E-state index is 0.155. The summed E-state index contributed by atoms with van der Waals surface area (Å²) in [6, 6.07) is 18.7. The SMILES string of the molecule is O=C(CCc1ccc(Cl)cc1)NC1CCN(CCc2ccccc2)CC1. The molecule has 0 radical (unpaired) electrons. The minimum absolute atomic E-state index is 0.155. The lowest BCUT2D eigenvalue weighted by atomic mass is 10.0. The van der Waals surface area contributed by atoms with E-state index in [-0.39, 0.29) is 5.91 Å². The number of hydrogen-bond acceptors (Lipinski definition) is 2. The number of likely N-dealkylation sites (tertiary alicyclic amines) is 1. The zero-order valence-corrected chi connectivity index (χ0v) is 15.9. The molecule has 26 heavy (non-hydrogen) atoms. The van der Waals surface area contributed by atoms with Crippen LogP contribution >= 0.6 is 11.6 Å². The Bertz CT molecular complexity index is 679. The predicted molar refractivity (Wildman–Crippen MR) is 108 cm³/mol. The van der Waals surface area contributed by atoms with Crippen LogP contribution in [-0.2, 0) is 17.6 Å². The molecule has 3 rings (SSSR count). The van der Waals surface area contributed by atoms with Gasteiger partial charge in [-0.25, -0.2) is 0 Å². The maximum Gasteiger partial charge on any atom is 0.220 e. The summed E-state index contributed by atoms with van der Waals surface area (Å²) in [4.78, 5) is 14.7. The minimum Gasteiger partial charge on any atom is -0.353 e. The maximum absolute atomic E-state index is 12.2. The summed E-state index contributed by atoms with van der Waals surface area (Å²) in [5.74, 6) is 0.155. The molecule has 3 nitrogen and oxygen atoms in total. The maximum atomic E-state index is 12.2. The monoisotopic (exact) mass is 370 g/mol. The molecule has 1 saturated heterocycles. The van der Waals surface area contributed by atoms with E-state index in [1.165, 1.54) is 5.56 Å². The lowest BCUT2D eigenvalue weighted by molar-refractivity contribution is -0.122. The van der Waals surface area contributed by atoms with Crippen LogP contribution in [0.2, 0.25) is 5.02 Å². The van der Waals surface area contributed by atoms with E-state index in [1.54, 1.807) is 0 Å². The van der Waals surface area contributed by atoms with E-state index < -0.39 is 0 Å². The second kappa shape index (κ2) is 9.75. The van der Waals surface area contributed by atoms with Crippen molar-refractivity contribution in [3.05, 3.63) is 70.7 Å². The first-order chi connectivity index (χ1) is 12.7. The van der Waals surface area contributed by atoms with Gasteiger partial charge in [-0.3, -0.25) is 4.79 Å². The highest BCUT2D eigenvalue weighted by molar-refractivity contribution is 6.30. The van der Waals surface area contributed by atoms with E-state index in [0.717, 1.165) is 55.9 Å². The summed E-state index contributed by atoms with van der Waals surface area (Å²) in [6.45, 7) is 3.23. The standard InChI is InChI=1S/C22H27ClN2O/c23-20-9-6-19(7-10-20)8-11-22(26)24-21-13-16-25(17-14-21)15-12-18-4-2-1-3-5-18/h1-7,9-10,21H,8,11-17H2,(H,24,26). The molecule has 0 bridgehead atoms. The van der Waals surface area contributed by atoms with Crippen LogP contribution in [0.25, 0.3) is 0 Å². The molecular formula is C22H27ClN2O. The number of piperidine rings is 1. The fraction of sp³-hybridized carbons (Fsp3) is 0.409. The fourth-order valence-corrected chi connectivity index (χ4v) is 3.57. The topological polar surface area (TPSA) is 32.3 Å². The van der Waals surface area contributed by atoms with Gasteiger partial charge in [0.25, 0.3) is 0 Å². The second-order valence-electron chi connectivity index (χ2n) is 7.05. The van der Waals surface area contributed by atoms with Gasteiger partial charge in [0.2, 0.25) is 5.91 Å². The number of halogens is 1. The molecule has 2 aromatic carbocycles. The summed E-state index contributed by atoms with van der Waals surface area (Å²) >= 11 is 5.89. The number of aryl methyl sites for hydroxylation is 1. The fourth-order valence-electron chi connectivity index (χ4n) is 3.44. The van der Waals surface area contributed by atoms with Gasteiger partial charge in [0, 0.05) is 37.1 Å². The quantitative estimate of drug-likeness (QED) is 0.795. The van der Waals surface area contributed by atoms with Crippen molar-refractivity contribution in [3.8, 4) is 0 Å². The second-order valence-corrected chi connectivity index (χ2v) is 7.48. The summed E-state index contributed by atoms with van der Waals surface area (Å²) in [6.07, 6.45) is 4.48. The van der Waals surface area contributed by atoms with Crippen LogP contribution in [0.5, 0.6) is 0 Å². The molecule has 0 aromatic heterocycles. The molecule has 0 saturated carbocycles. The lowest BCUT2D eigenvalue weighted by Crippen LogP contribution is -2.45. The molecular weight excluding hydrogens is 344 g/mol. The molecule has 1 fully saturated rings. The Kier molecular flexibility index (Phi) is 7.10. The van der Waals surface area contributed by atoms with Crippen LogP contribution in [0.4, 0.5) is 0 Å². The van der Waals surface area contributed by atoms with Crippen LogP contribution in [-0.4, -0.2) is 36.5 Å². The van der Waals surface area contributed by atoms with Gasteiger partial charge < -0.3 is 10.2 Å². The van der Waals surface area contributed by atoms with Gasteiger partial charge in [-0.2, -0.15) is 0 Å². The van der Waals surface area contributed by atoms with Gasteiger partial charge in [-0.15, -0.1) is 0 Å². The van der Waals surface area contributed by atoms with Crippen molar-refractivity contribution in [1.29, 1.82) is 0 Å². The van der Waals surface area contributed by atoms with E-state index in [0.29, 0.717) is 12.5 Å². The summed E-state index contributed by atoms with van der Waals surface area (Å²) in [7, 11) is 0. The summed E-state index contributed by atoms with van der Waals surface area (Å²) in [5, 5.41) is 3.94. The third kappa shape index (κ3) is 6.15. The first-order valence-corrected chi connectivity index (χ1v) is 9.87. The van der Waals surface area contributed by atoms with Gasteiger partial charge in [-0.05, 0) is 48.9 Å². The van der Waals surface area contributed by atoms with E-state index in [2.05, 4.69) is 40.5 Å². The van der Waals surface area contributed by atoms with Gasteiger partial charge in [0.15, 0.2) is 0 Å². The van der Waals surface area contributed by atoms with Gasteiger partial charge in [-0.1, -0.05) is 54.1 Å². The zero-order chi connectivity index (χ0) is 18.2. The van der Waals surface area contributed by atoms with Crippen molar-refractivity contribution >= 4 is 17.5 Å². The first kappa shape index (κ1) is 18.9. The number of rotatable bonds is 7. The number of carbonyl (C=O) groups excluding carboxylic acids is 1. The number of amides is 1. The Morgan fingerprint density at radius 1 is 0.962 bits per heavy atom. The molecule has 1 heterocycles. The van der Waals surface area contributed by atoms with E-state index in [9.17, 15) is 4.79 Å². The van der Waals surface area contributed by atoms with Crippen LogP contribution in [0, 0.1) is 0 Å². The average Bonchev–Trinajstić information content (AvgIpc) is 2.68. The van der Waals surface area contributed by atoms with Crippen molar-refractivity contribution < 1.29 is 4.79 Å². The average molecular weight is 371 g/mol. The van der Waals surface area contributed by atoms with Crippen molar-refractivity contribution in [2.24, 2.45) is 0 Å². The predicted octanol–water partition coefficient (Wildman–Crippen LogP) is 4.10. The van der Waals surface area contributed by atoms with Crippen LogP contribution in [0.1, 0.15) is 30.4 Å². The molecule has 0 atom stereocenters. The number of nitrogens with one attached hydrogen (secondary N) is 1. The van der Waals surface area contributed by atoms with E-state index in [1.807, 2.05) is 24.3 Å². The van der Waals surface area contributed by atoms with Crippen molar-refractivity contribution in [2.45, 2.75) is 38.1 Å². The van der Waals surface area contributed by atoms with Crippen LogP contribution in [0.15, 0.2) is 54.6 Å². The Morgan fingerprint density at radius 3 is 2.31 bits per heavy atom. The first-order valence-electron chi connectivity index (χ1n) is 9.49. The highest BCUT2D eigenvalue weighted by Gasteiger charge is 2.20. The van der Waals surface area contributed by atoms with Crippen molar-refractivity contribution in [1.82, 2.24) is 10.2 Å². The van der Waals surface area contributed by atoms with Gasteiger partial charge in [0.1, 0.15) is 0 Å². The molecule has 0 unspecified atom stereocenters. The van der Waals surface area contributed by atoms with Crippen molar-refractivity contribution in [2.75, 3.05) is 19.6 Å². The molecule has 1 aliphatic heterocycles. The van der Waals surface area contributed by atoms with Gasteiger partial charge >= 0.3 is 0 Å². The third-order valence-corrected chi connectivity index (χ3v) is 5.32. The molecule has 0 aliphatic carbocycles.